The van der Waals surface area contributed by atoms with Gasteiger partial charge in [-0.25, -0.2) is 0 Å². The Labute approximate surface area is 95.4 Å². The Balaban J connectivity index is 2.46. The largest absolute Gasteiger partial charge is 0.497 e. The number of benzene rings is 1. The summed E-state index contributed by atoms with van der Waals surface area (Å²) < 4.78 is 11.0. The highest BCUT2D eigenvalue weighted by atomic mass is 16.5. The van der Waals surface area contributed by atoms with Gasteiger partial charge in [-0.05, 0) is 19.9 Å². The normalized spacial score (nSPS) is 21.8. The molecule has 0 radical (unpaired) electrons. The highest BCUT2D eigenvalue weighted by molar-refractivity contribution is 5.66. The molecule has 0 aromatic heterocycles. The summed E-state index contributed by atoms with van der Waals surface area (Å²) in [5.41, 5.74) is 0.653. The highest BCUT2D eigenvalue weighted by Gasteiger charge is 2.33. The van der Waals surface area contributed by atoms with Crippen molar-refractivity contribution in [3.63, 3.8) is 0 Å². The number of aldehydes is 1. The molecule has 1 aliphatic heterocycles. The van der Waals surface area contributed by atoms with Crippen molar-refractivity contribution in [2.45, 2.75) is 31.8 Å². The molecule has 0 saturated heterocycles. The van der Waals surface area contributed by atoms with Crippen molar-refractivity contribution in [3.05, 3.63) is 23.8 Å². The zero-order valence-electron chi connectivity index (χ0n) is 9.82. The van der Waals surface area contributed by atoms with Crippen LogP contribution in [0.4, 0.5) is 0 Å². The third-order valence-corrected chi connectivity index (χ3v) is 2.88. The maximum Gasteiger partial charge on any atom is 0.127 e. The van der Waals surface area contributed by atoms with Gasteiger partial charge in [-0.3, -0.25) is 0 Å². The van der Waals surface area contributed by atoms with E-state index < -0.39 is 0 Å². The summed E-state index contributed by atoms with van der Waals surface area (Å²) in [4.78, 5) is 11.1. The molecule has 1 unspecified atom stereocenters. The fourth-order valence-electron chi connectivity index (χ4n) is 2.14. The van der Waals surface area contributed by atoms with Crippen LogP contribution >= 0.6 is 0 Å². The van der Waals surface area contributed by atoms with Crippen LogP contribution in [0.15, 0.2) is 18.2 Å². The molecule has 3 nitrogen and oxygen atoms in total. The van der Waals surface area contributed by atoms with Gasteiger partial charge in [-0.1, -0.05) is 6.07 Å². The second-order valence-electron chi connectivity index (χ2n) is 4.71. The summed E-state index contributed by atoms with van der Waals surface area (Å²) in [7, 11) is 1.62. The summed E-state index contributed by atoms with van der Waals surface area (Å²) in [6, 6.07) is 5.60. The standard InChI is InChI=1S/C13H16O3/c1-13(2)7-9(8-14)11-5-4-10(15-3)6-12(11)16-13/h4-6,8-9H,7H2,1-3H3. The van der Waals surface area contributed by atoms with Gasteiger partial charge in [-0.2, -0.15) is 0 Å². The van der Waals surface area contributed by atoms with Crippen LogP contribution in [0, 0.1) is 0 Å². The molecule has 0 amide bonds. The zero-order valence-corrected chi connectivity index (χ0v) is 9.82. The Morgan fingerprint density at radius 2 is 2.25 bits per heavy atom. The van der Waals surface area contributed by atoms with Crippen molar-refractivity contribution < 1.29 is 14.3 Å². The predicted octanol–water partition coefficient (Wildman–Crippen LogP) is 2.54. The van der Waals surface area contributed by atoms with E-state index in [4.69, 9.17) is 9.47 Å². The predicted molar refractivity (Wildman–Crippen MR) is 61.1 cm³/mol. The van der Waals surface area contributed by atoms with Gasteiger partial charge >= 0.3 is 0 Å². The minimum atomic E-state index is -0.301. The zero-order chi connectivity index (χ0) is 11.8. The molecule has 1 aliphatic rings. The van der Waals surface area contributed by atoms with E-state index in [0.717, 1.165) is 29.8 Å². The molecule has 1 aromatic rings. The number of carbonyl (C=O) groups is 1. The molecule has 0 bridgehead atoms. The third kappa shape index (κ3) is 1.90. The average Bonchev–Trinajstić information content (AvgIpc) is 2.25. The van der Waals surface area contributed by atoms with Gasteiger partial charge in [0.15, 0.2) is 0 Å². The molecule has 0 saturated carbocycles. The fourth-order valence-corrected chi connectivity index (χ4v) is 2.14. The van der Waals surface area contributed by atoms with Crippen LogP contribution in [0.5, 0.6) is 11.5 Å². The monoisotopic (exact) mass is 220 g/mol. The smallest absolute Gasteiger partial charge is 0.127 e. The van der Waals surface area contributed by atoms with E-state index in [1.165, 1.54) is 0 Å². The molecule has 16 heavy (non-hydrogen) atoms. The molecule has 1 aromatic carbocycles. The summed E-state index contributed by atoms with van der Waals surface area (Å²) >= 11 is 0. The minimum Gasteiger partial charge on any atom is -0.497 e. The van der Waals surface area contributed by atoms with Crippen molar-refractivity contribution in [2.24, 2.45) is 0 Å². The lowest BCUT2D eigenvalue weighted by Gasteiger charge is -2.35. The number of rotatable bonds is 2. The summed E-state index contributed by atoms with van der Waals surface area (Å²) in [6.45, 7) is 3.98. The summed E-state index contributed by atoms with van der Waals surface area (Å²) in [5, 5.41) is 0. The molecule has 0 spiro atoms. The molecule has 2 rings (SSSR count). The summed E-state index contributed by atoms with van der Waals surface area (Å²) in [6.07, 6.45) is 1.71. The number of methoxy groups -OCH3 is 1. The third-order valence-electron chi connectivity index (χ3n) is 2.88. The van der Waals surface area contributed by atoms with Crippen LogP contribution in [-0.4, -0.2) is 19.0 Å². The van der Waals surface area contributed by atoms with Gasteiger partial charge in [0.1, 0.15) is 23.4 Å². The molecular formula is C13H16O3. The molecular weight excluding hydrogens is 204 g/mol. The molecule has 86 valence electrons. The molecule has 3 heteroatoms. The van der Waals surface area contributed by atoms with Gasteiger partial charge in [0.25, 0.3) is 0 Å². The van der Waals surface area contributed by atoms with E-state index in [1.54, 1.807) is 7.11 Å². The lowest BCUT2D eigenvalue weighted by atomic mass is 9.85. The van der Waals surface area contributed by atoms with Gasteiger partial charge in [0, 0.05) is 24.0 Å². The highest BCUT2D eigenvalue weighted by Crippen LogP contribution is 2.41. The Bertz CT molecular complexity index is 410. The minimum absolute atomic E-state index is 0.0790. The van der Waals surface area contributed by atoms with Gasteiger partial charge in [0.2, 0.25) is 0 Å². The van der Waals surface area contributed by atoms with Crippen molar-refractivity contribution in [1.29, 1.82) is 0 Å². The number of hydrogen-bond acceptors (Lipinski definition) is 3. The molecule has 1 atom stereocenters. The molecule has 0 N–H and O–H groups in total. The van der Waals surface area contributed by atoms with E-state index in [9.17, 15) is 4.79 Å². The second kappa shape index (κ2) is 3.81. The number of carbonyl (C=O) groups excluding carboxylic acids is 1. The van der Waals surface area contributed by atoms with Crippen molar-refractivity contribution in [3.8, 4) is 11.5 Å². The van der Waals surface area contributed by atoms with Crippen LogP contribution in [-0.2, 0) is 4.79 Å². The van der Waals surface area contributed by atoms with Gasteiger partial charge < -0.3 is 14.3 Å². The first-order valence-corrected chi connectivity index (χ1v) is 5.38. The fraction of sp³-hybridized carbons (Fsp3) is 0.462. The van der Waals surface area contributed by atoms with E-state index in [1.807, 2.05) is 32.0 Å². The van der Waals surface area contributed by atoms with E-state index in [2.05, 4.69) is 0 Å². The second-order valence-corrected chi connectivity index (χ2v) is 4.71. The topological polar surface area (TPSA) is 35.5 Å². The van der Waals surface area contributed by atoms with E-state index >= 15 is 0 Å². The molecule has 0 aliphatic carbocycles. The van der Waals surface area contributed by atoms with Crippen LogP contribution in [0.25, 0.3) is 0 Å². The number of fused-ring (bicyclic) bond motifs is 1. The average molecular weight is 220 g/mol. The number of ether oxygens (including phenoxy) is 2. The molecule has 1 heterocycles. The van der Waals surface area contributed by atoms with Crippen molar-refractivity contribution in [2.75, 3.05) is 7.11 Å². The first kappa shape index (κ1) is 11.0. The summed E-state index contributed by atoms with van der Waals surface area (Å²) in [5.74, 6) is 1.43. The van der Waals surface area contributed by atoms with Gasteiger partial charge in [-0.15, -0.1) is 0 Å². The van der Waals surface area contributed by atoms with Crippen molar-refractivity contribution in [1.82, 2.24) is 0 Å². The van der Waals surface area contributed by atoms with Crippen LogP contribution in [0.1, 0.15) is 31.7 Å². The van der Waals surface area contributed by atoms with Crippen LogP contribution in [0.2, 0.25) is 0 Å². The maximum atomic E-state index is 11.1. The number of hydrogen-bond donors (Lipinski definition) is 0. The Hall–Kier alpha value is -1.51. The van der Waals surface area contributed by atoms with Crippen LogP contribution < -0.4 is 9.47 Å². The Morgan fingerprint density at radius 3 is 2.88 bits per heavy atom. The Kier molecular flexibility index (Phi) is 2.62. The van der Waals surface area contributed by atoms with Crippen LogP contribution in [0.3, 0.4) is 0 Å². The first-order chi connectivity index (χ1) is 7.55. The quantitative estimate of drug-likeness (QED) is 0.718. The molecule has 0 fully saturated rings. The maximum absolute atomic E-state index is 11.1. The Morgan fingerprint density at radius 1 is 1.50 bits per heavy atom. The van der Waals surface area contributed by atoms with E-state index in [-0.39, 0.29) is 11.5 Å². The lowest BCUT2D eigenvalue weighted by Crippen LogP contribution is -2.35. The van der Waals surface area contributed by atoms with Gasteiger partial charge in [0.05, 0.1) is 7.11 Å². The SMILES string of the molecule is COc1ccc2c(c1)OC(C)(C)CC2C=O. The lowest BCUT2D eigenvalue weighted by molar-refractivity contribution is -0.110. The van der Waals surface area contributed by atoms with Crippen molar-refractivity contribution >= 4 is 6.29 Å². The van der Waals surface area contributed by atoms with E-state index in [0.29, 0.717) is 0 Å². The first-order valence-electron chi connectivity index (χ1n) is 5.38.